The molecule has 0 aliphatic heterocycles. The van der Waals surface area contributed by atoms with E-state index in [-0.39, 0.29) is 6.61 Å². The fraction of sp³-hybridized carbons (Fsp3) is 0.500. The summed E-state index contributed by atoms with van der Waals surface area (Å²) in [5, 5.41) is 8.06. The highest BCUT2D eigenvalue weighted by atomic mass is 16.5. The van der Waals surface area contributed by atoms with Crippen LogP contribution in [0.15, 0.2) is 0 Å². The maximum atomic E-state index is 10.5. The Morgan fingerprint density at radius 3 is 2.27 bits per heavy atom. The van der Waals surface area contributed by atoms with Gasteiger partial charge in [0, 0.05) is 7.11 Å². The van der Waals surface area contributed by atoms with Crippen LogP contribution >= 0.6 is 0 Å². The number of ketones is 2. The molecule has 0 radical (unpaired) electrons. The van der Waals surface area contributed by atoms with E-state index >= 15 is 0 Å². The lowest BCUT2D eigenvalue weighted by Gasteiger charge is -1.94. The molecule has 0 aliphatic rings. The second kappa shape index (κ2) is 4.56. The summed E-state index contributed by atoms with van der Waals surface area (Å²) in [6.45, 7) is -0.223. The number of carboxylic acids is 1. The van der Waals surface area contributed by atoms with Crippen LogP contribution in [0.4, 0.5) is 0 Å². The van der Waals surface area contributed by atoms with Gasteiger partial charge in [-0.05, 0) is 0 Å². The molecule has 1 N–H and O–H groups in total. The smallest absolute Gasteiger partial charge is 0.372 e. The van der Waals surface area contributed by atoms with Crippen molar-refractivity contribution in [1.29, 1.82) is 0 Å². The average Bonchev–Trinajstić information content (AvgIpc) is 1.87. The summed E-state index contributed by atoms with van der Waals surface area (Å²) in [4.78, 5) is 30.8. The SMILES string of the molecule is COCC(=O)CC(=O)C(=O)O. The van der Waals surface area contributed by atoms with E-state index in [1.54, 1.807) is 0 Å². The second-order valence-electron chi connectivity index (χ2n) is 1.88. The molecule has 0 rings (SSSR count). The molecule has 0 heterocycles. The Bertz CT molecular complexity index is 183. The molecule has 0 fully saturated rings. The molecule has 5 nitrogen and oxygen atoms in total. The van der Waals surface area contributed by atoms with Crippen LogP contribution in [0.3, 0.4) is 0 Å². The fourth-order valence-corrected chi connectivity index (χ4v) is 0.467. The minimum absolute atomic E-state index is 0.223. The van der Waals surface area contributed by atoms with Crippen molar-refractivity contribution in [2.75, 3.05) is 13.7 Å². The summed E-state index contributed by atoms with van der Waals surface area (Å²) in [6, 6.07) is 0. The highest BCUT2D eigenvalue weighted by Crippen LogP contribution is 1.86. The number of ether oxygens (including phenoxy) is 1. The molecular weight excluding hydrogens is 152 g/mol. The van der Waals surface area contributed by atoms with Gasteiger partial charge in [0.25, 0.3) is 0 Å². The van der Waals surface area contributed by atoms with Gasteiger partial charge in [-0.3, -0.25) is 9.59 Å². The predicted molar refractivity (Wildman–Crippen MR) is 34.1 cm³/mol. The number of carboxylic acid groups (broad SMARTS) is 1. The van der Waals surface area contributed by atoms with Crippen LogP contribution in [0.5, 0.6) is 0 Å². The first-order chi connectivity index (χ1) is 5.07. The normalized spacial score (nSPS) is 9.18. The Morgan fingerprint density at radius 2 is 1.91 bits per heavy atom. The van der Waals surface area contributed by atoms with Gasteiger partial charge in [-0.2, -0.15) is 0 Å². The fourth-order valence-electron chi connectivity index (χ4n) is 0.467. The van der Waals surface area contributed by atoms with Crippen LogP contribution in [0.2, 0.25) is 0 Å². The quantitative estimate of drug-likeness (QED) is 0.422. The molecule has 0 spiro atoms. The van der Waals surface area contributed by atoms with Crippen molar-refractivity contribution >= 4 is 17.5 Å². The average molecular weight is 160 g/mol. The first-order valence-corrected chi connectivity index (χ1v) is 2.84. The van der Waals surface area contributed by atoms with Crippen molar-refractivity contribution in [3.05, 3.63) is 0 Å². The van der Waals surface area contributed by atoms with Crippen LogP contribution < -0.4 is 0 Å². The Hall–Kier alpha value is -1.23. The van der Waals surface area contributed by atoms with Crippen LogP contribution in [0.1, 0.15) is 6.42 Å². The molecule has 11 heavy (non-hydrogen) atoms. The monoisotopic (exact) mass is 160 g/mol. The topological polar surface area (TPSA) is 80.7 Å². The minimum atomic E-state index is -1.59. The Kier molecular flexibility index (Phi) is 4.05. The Labute approximate surface area is 63.0 Å². The zero-order chi connectivity index (χ0) is 8.85. The van der Waals surface area contributed by atoms with Crippen molar-refractivity contribution in [1.82, 2.24) is 0 Å². The van der Waals surface area contributed by atoms with Crippen LogP contribution in [0.25, 0.3) is 0 Å². The second-order valence-corrected chi connectivity index (χ2v) is 1.88. The van der Waals surface area contributed by atoms with Gasteiger partial charge in [0.1, 0.15) is 6.61 Å². The summed E-state index contributed by atoms with van der Waals surface area (Å²) >= 11 is 0. The molecule has 0 amide bonds. The lowest BCUT2D eigenvalue weighted by atomic mass is 10.2. The standard InChI is InChI=1S/C6H8O5/c1-11-3-4(7)2-5(8)6(9)10/h2-3H2,1H3,(H,9,10). The van der Waals surface area contributed by atoms with E-state index in [9.17, 15) is 14.4 Å². The molecular formula is C6H8O5. The number of hydrogen-bond acceptors (Lipinski definition) is 4. The molecule has 0 aromatic rings. The number of Topliss-reactive ketones (excluding diaryl/α,β-unsaturated/α-hetero) is 2. The van der Waals surface area contributed by atoms with E-state index in [4.69, 9.17) is 5.11 Å². The summed E-state index contributed by atoms with van der Waals surface area (Å²) in [7, 11) is 1.29. The first kappa shape index (κ1) is 9.77. The van der Waals surface area contributed by atoms with Crippen LogP contribution in [0, 0.1) is 0 Å². The Balaban J connectivity index is 3.76. The number of rotatable bonds is 5. The van der Waals surface area contributed by atoms with Gasteiger partial charge in [-0.1, -0.05) is 0 Å². The number of aliphatic carboxylic acids is 1. The predicted octanol–water partition coefficient (Wildman–Crippen LogP) is -0.754. The third-order valence-corrected chi connectivity index (χ3v) is 0.902. The zero-order valence-electron chi connectivity index (χ0n) is 5.99. The number of hydrogen-bond donors (Lipinski definition) is 1. The minimum Gasteiger partial charge on any atom is -0.475 e. The van der Waals surface area contributed by atoms with Gasteiger partial charge < -0.3 is 9.84 Å². The Morgan fingerprint density at radius 1 is 1.36 bits per heavy atom. The third-order valence-electron chi connectivity index (χ3n) is 0.902. The summed E-state index contributed by atoms with van der Waals surface area (Å²) < 4.78 is 4.39. The van der Waals surface area contributed by atoms with Crippen molar-refractivity contribution < 1.29 is 24.2 Å². The van der Waals surface area contributed by atoms with E-state index in [1.165, 1.54) is 7.11 Å². The van der Waals surface area contributed by atoms with Crippen molar-refractivity contribution in [2.45, 2.75) is 6.42 Å². The van der Waals surface area contributed by atoms with Crippen LogP contribution in [-0.4, -0.2) is 36.4 Å². The van der Waals surface area contributed by atoms with Gasteiger partial charge in [-0.25, -0.2) is 4.79 Å². The summed E-state index contributed by atoms with van der Waals surface area (Å²) in [5.41, 5.74) is 0. The summed E-state index contributed by atoms with van der Waals surface area (Å²) in [5.74, 6) is -3.22. The van der Waals surface area contributed by atoms with Gasteiger partial charge in [0.2, 0.25) is 5.78 Å². The molecule has 0 saturated heterocycles. The van der Waals surface area contributed by atoms with E-state index < -0.39 is 24.0 Å². The first-order valence-electron chi connectivity index (χ1n) is 2.84. The van der Waals surface area contributed by atoms with Gasteiger partial charge >= 0.3 is 5.97 Å². The molecule has 0 aromatic heterocycles. The van der Waals surface area contributed by atoms with E-state index in [0.717, 1.165) is 0 Å². The summed E-state index contributed by atoms with van der Waals surface area (Å²) in [6.07, 6.45) is -0.594. The van der Waals surface area contributed by atoms with Crippen LogP contribution in [-0.2, 0) is 19.1 Å². The maximum Gasteiger partial charge on any atom is 0.372 e. The van der Waals surface area contributed by atoms with Crippen molar-refractivity contribution in [3.8, 4) is 0 Å². The largest absolute Gasteiger partial charge is 0.475 e. The van der Waals surface area contributed by atoms with E-state index in [0.29, 0.717) is 0 Å². The number of carbonyl (C=O) groups excluding carboxylic acids is 2. The molecule has 0 saturated carbocycles. The van der Waals surface area contributed by atoms with E-state index in [2.05, 4.69) is 4.74 Å². The van der Waals surface area contributed by atoms with Crippen molar-refractivity contribution in [3.63, 3.8) is 0 Å². The lowest BCUT2D eigenvalue weighted by Crippen LogP contribution is -2.19. The highest BCUT2D eigenvalue weighted by molar-refractivity contribution is 6.36. The van der Waals surface area contributed by atoms with Gasteiger partial charge in [0.05, 0.1) is 6.42 Å². The maximum absolute atomic E-state index is 10.5. The van der Waals surface area contributed by atoms with E-state index in [1.807, 2.05) is 0 Å². The van der Waals surface area contributed by atoms with Gasteiger partial charge in [0.15, 0.2) is 5.78 Å². The number of carbonyl (C=O) groups is 3. The molecule has 0 aliphatic carbocycles. The lowest BCUT2D eigenvalue weighted by molar-refractivity contribution is -0.150. The zero-order valence-corrected chi connectivity index (χ0v) is 5.99. The van der Waals surface area contributed by atoms with Crippen molar-refractivity contribution in [2.24, 2.45) is 0 Å². The highest BCUT2D eigenvalue weighted by Gasteiger charge is 2.15. The molecule has 0 aromatic carbocycles. The molecule has 5 heteroatoms. The third kappa shape index (κ3) is 4.21. The van der Waals surface area contributed by atoms with Gasteiger partial charge in [-0.15, -0.1) is 0 Å². The molecule has 0 bridgehead atoms. The molecule has 0 unspecified atom stereocenters. The molecule has 62 valence electrons. The number of methoxy groups -OCH3 is 1. The molecule has 0 atom stereocenters.